The van der Waals surface area contributed by atoms with Crippen LogP contribution in [0, 0.1) is 5.92 Å². The van der Waals surface area contributed by atoms with Gasteiger partial charge in [0.05, 0.1) is 16.6 Å². The van der Waals surface area contributed by atoms with E-state index >= 15 is 0 Å². The van der Waals surface area contributed by atoms with E-state index < -0.39 is 10.0 Å². The van der Waals surface area contributed by atoms with Crippen LogP contribution in [0.25, 0.3) is 0 Å². The van der Waals surface area contributed by atoms with Gasteiger partial charge in [0.25, 0.3) is 10.0 Å². The van der Waals surface area contributed by atoms with Crippen molar-refractivity contribution in [3.63, 3.8) is 0 Å². The number of sulfonamides is 1. The van der Waals surface area contributed by atoms with Crippen molar-refractivity contribution in [2.45, 2.75) is 30.2 Å². The average Bonchev–Trinajstić information content (AvgIpc) is 3.06. The molecule has 146 valence electrons. The van der Waals surface area contributed by atoms with Crippen molar-refractivity contribution in [2.75, 3.05) is 0 Å². The Bertz CT molecular complexity index is 1160. The van der Waals surface area contributed by atoms with Crippen LogP contribution in [0.1, 0.15) is 35.6 Å². The van der Waals surface area contributed by atoms with Gasteiger partial charge in [-0.3, -0.25) is 0 Å². The summed E-state index contributed by atoms with van der Waals surface area (Å²) >= 11 is 0. The maximum absolute atomic E-state index is 13.6. The molecule has 2 aliphatic rings. The number of aryl methyl sites for hydroxylation is 1. The lowest BCUT2D eigenvalue weighted by atomic mass is 9.86. The molecule has 0 fully saturated rings. The van der Waals surface area contributed by atoms with Gasteiger partial charge >= 0.3 is 0 Å². The standard InChI is InChI=1S/C24H22N2O2S/c27-29(28,20-14-5-2-6-15-20)26-24(19-11-3-1-4-12-19)22-17-9-13-18-10-7-8-16-21(18)23(22)25-26/h1-8,10-12,14-16,22,24H,9,13,17H2/t22-,24+/m0/s1. The van der Waals surface area contributed by atoms with Crippen LogP contribution >= 0.6 is 0 Å². The highest BCUT2D eigenvalue weighted by Crippen LogP contribution is 2.45. The Kier molecular flexibility index (Phi) is 4.47. The van der Waals surface area contributed by atoms with E-state index in [9.17, 15) is 8.42 Å². The molecule has 1 aliphatic heterocycles. The number of hydrogen-bond acceptors (Lipinski definition) is 3. The molecule has 0 amide bonds. The molecule has 1 aliphatic carbocycles. The molecule has 0 aromatic heterocycles. The van der Waals surface area contributed by atoms with E-state index in [2.05, 4.69) is 12.1 Å². The Morgan fingerprint density at radius 2 is 1.48 bits per heavy atom. The molecule has 0 bridgehead atoms. The predicted molar refractivity (Wildman–Crippen MR) is 114 cm³/mol. The fourth-order valence-corrected chi connectivity index (χ4v) is 5.99. The van der Waals surface area contributed by atoms with E-state index in [1.165, 1.54) is 9.98 Å². The van der Waals surface area contributed by atoms with Gasteiger partial charge in [0.2, 0.25) is 0 Å². The molecule has 5 heteroatoms. The summed E-state index contributed by atoms with van der Waals surface area (Å²) in [7, 11) is -3.76. The third-order valence-corrected chi connectivity index (χ3v) is 7.53. The fraction of sp³-hybridized carbons (Fsp3) is 0.208. The van der Waals surface area contributed by atoms with Crippen LogP contribution in [0.3, 0.4) is 0 Å². The smallest absolute Gasteiger partial charge is 0.200 e. The summed E-state index contributed by atoms with van der Waals surface area (Å²) in [4.78, 5) is 0.273. The van der Waals surface area contributed by atoms with Gasteiger partial charge in [0, 0.05) is 11.5 Å². The largest absolute Gasteiger partial charge is 0.279 e. The van der Waals surface area contributed by atoms with Crippen LogP contribution in [0.15, 0.2) is 94.9 Å². The van der Waals surface area contributed by atoms with E-state index in [-0.39, 0.29) is 16.9 Å². The molecule has 0 saturated heterocycles. The second-order valence-electron chi connectivity index (χ2n) is 7.59. The van der Waals surface area contributed by atoms with Gasteiger partial charge in [0.15, 0.2) is 0 Å². The Balaban J connectivity index is 1.70. The summed E-state index contributed by atoms with van der Waals surface area (Å²) in [5, 5.41) is 4.78. The topological polar surface area (TPSA) is 49.7 Å². The summed E-state index contributed by atoms with van der Waals surface area (Å²) in [5.41, 5.74) is 4.21. The Morgan fingerprint density at radius 1 is 0.828 bits per heavy atom. The summed E-state index contributed by atoms with van der Waals surface area (Å²) in [6.07, 6.45) is 2.93. The quantitative estimate of drug-likeness (QED) is 0.632. The van der Waals surface area contributed by atoms with Gasteiger partial charge in [-0.25, -0.2) is 0 Å². The normalized spacial score (nSPS) is 21.1. The van der Waals surface area contributed by atoms with Crippen molar-refractivity contribution in [1.29, 1.82) is 0 Å². The van der Waals surface area contributed by atoms with Crippen molar-refractivity contribution in [3.8, 4) is 0 Å². The zero-order valence-corrected chi connectivity index (χ0v) is 16.8. The molecule has 3 aromatic carbocycles. The van der Waals surface area contributed by atoms with Crippen LogP contribution in [0.4, 0.5) is 0 Å². The Hall–Kier alpha value is -2.92. The summed E-state index contributed by atoms with van der Waals surface area (Å²) < 4.78 is 28.5. The lowest BCUT2D eigenvalue weighted by Gasteiger charge is -2.27. The second-order valence-corrected chi connectivity index (χ2v) is 9.38. The van der Waals surface area contributed by atoms with Crippen molar-refractivity contribution >= 4 is 15.7 Å². The van der Waals surface area contributed by atoms with Gasteiger partial charge in [-0.05, 0) is 42.5 Å². The summed E-state index contributed by atoms with van der Waals surface area (Å²) in [5.74, 6) is 0.0412. The Morgan fingerprint density at radius 3 is 2.24 bits per heavy atom. The number of rotatable bonds is 3. The minimum absolute atomic E-state index is 0.0412. The maximum atomic E-state index is 13.6. The van der Waals surface area contributed by atoms with Gasteiger partial charge in [0.1, 0.15) is 0 Å². The molecule has 29 heavy (non-hydrogen) atoms. The molecule has 0 spiro atoms. The van der Waals surface area contributed by atoms with Crippen molar-refractivity contribution in [2.24, 2.45) is 11.0 Å². The lowest BCUT2D eigenvalue weighted by molar-refractivity contribution is 0.313. The monoisotopic (exact) mass is 402 g/mol. The van der Waals surface area contributed by atoms with E-state index in [1.807, 2.05) is 48.5 Å². The average molecular weight is 403 g/mol. The molecular formula is C24H22N2O2S. The second kappa shape index (κ2) is 7.16. The number of fused-ring (bicyclic) bond motifs is 3. The third-order valence-electron chi connectivity index (χ3n) is 5.86. The Labute approximate surface area is 171 Å². The highest BCUT2D eigenvalue weighted by atomic mass is 32.2. The molecule has 5 rings (SSSR count). The number of benzene rings is 3. The van der Waals surface area contributed by atoms with Gasteiger partial charge in [-0.15, -0.1) is 0 Å². The van der Waals surface area contributed by atoms with E-state index in [0.717, 1.165) is 36.1 Å². The predicted octanol–water partition coefficient (Wildman–Crippen LogP) is 4.79. The molecule has 2 atom stereocenters. The molecule has 3 aromatic rings. The van der Waals surface area contributed by atoms with Crippen LogP contribution in [0.5, 0.6) is 0 Å². The zero-order valence-electron chi connectivity index (χ0n) is 16.0. The first-order valence-electron chi connectivity index (χ1n) is 9.97. The van der Waals surface area contributed by atoms with E-state index in [4.69, 9.17) is 5.10 Å². The first-order chi connectivity index (χ1) is 14.2. The first kappa shape index (κ1) is 18.1. The minimum atomic E-state index is -3.76. The highest BCUT2D eigenvalue weighted by molar-refractivity contribution is 7.89. The van der Waals surface area contributed by atoms with Crippen LogP contribution in [-0.4, -0.2) is 18.5 Å². The molecular weight excluding hydrogens is 380 g/mol. The maximum Gasteiger partial charge on any atom is 0.279 e. The SMILES string of the molecule is O=S(=O)(c1ccccc1)N1N=C2c3ccccc3CCC[C@@H]2[C@H]1c1ccccc1. The molecule has 0 radical (unpaired) electrons. The van der Waals surface area contributed by atoms with Crippen LogP contribution in [-0.2, 0) is 16.4 Å². The highest BCUT2D eigenvalue weighted by Gasteiger charge is 2.45. The van der Waals surface area contributed by atoms with Crippen LogP contribution in [0.2, 0.25) is 0 Å². The van der Waals surface area contributed by atoms with E-state index in [0.29, 0.717) is 0 Å². The van der Waals surface area contributed by atoms with Crippen molar-refractivity contribution < 1.29 is 8.42 Å². The summed E-state index contributed by atoms with van der Waals surface area (Å²) in [6, 6.07) is 26.4. The van der Waals surface area contributed by atoms with Gasteiger partial charge in [-0.1, -0.05) is 72.8 Å². The number of hydrazone groups is 1. The minimum Gasteiger partial charge on any atom is -0.200 e. The van der Waals surface area contributed by atoms with Crippen LogP contribution < -0.4 is 0 Å². The van der Waals surface area contributed by atoms with Gasteiger partial charge in [-0.2, -0.15) is 17.9 Å². The molecule has 1 heterocycles. The van der Waals surface area contributed by atoms with Crippen molar-refractivity contribution in [1.82, 2.24) is 4.41 Å². The molecule has 0 unspecified atom stereocenters. The number of nitrogens with zero attached hydrogens (tertiary/aromatic N) is 2. The lowest BCUT2D eigenvalue weighted by Crippen LogP contribution is -2.31. The first-order valence-corrected chi connectivity index (χ1v) is 11.4. The van der Waals surface area contributed by atoms with Gasteiger partial charge < -0.3 is 0 Å². The molecule has 0 N–H and O–H groups in total. The molecule has 0 saturated carbocycles. The van der Waals surface area contributed by atoms with Crippen molar-refractivity contribution in [3.05, 3.63) is 102 Å². The summed E-state index contributed by atoms with van der Waals surface area (Å²) in [6.45, 7) is 0. The third kappa shape index (κ3) is 3.06. The number of hydrogen-bond donors (Lipinski definition) is 0. The zero-order chi connectivity index (χ0) is 19.8. The fourth-order valence-electron chi connectivity index (χ4n) is 4.51. The molecule has 4 nitrogen and oxygen atoms in total. The van der Waals surface area contributed by atoms with E-state index in [1.54, 1.807) is 24.3 Å².